The third-order valence-corrected chi connectivity index (χ3v) is 5.54. The molecule has 1 fully saturated rings. The summed E-state index contributed by atoms with van der Waals surface area (Å²) in [4.78, 5) is 23.5. The molecular formula is C22H27FN6O2. The molecule has 1 aliphatic heterocycles. The van der Waals surface area contributed by atoms with Gasteiger partial charge in [0.2, 0.25) is 0 Å². The molecule has 1 saturated heterocycles. The Kier molecular flexibility index (Phi) is 6.13. The van der Waals surface area contributed by atoms with Gasteiger partial charge in [0.05, 0.1) is 42.1 Å². The van der Waals surface area contributed by atoms with E-state index in [-0.39, 0.29) is 24.5 Å². The quantitative estimate of drug-likeness (QED) is 0.580. The van der Waals surface area contributed by atoms with Crippen molar-refractivity contribution in [3.8, 4) is 0 Å². The van der Waals surface area contributed by atoms with Crippen molar-refractivity contribution in [2.24, 2.45) is 5.73 Å². The summed E-state index contributed by atoms with van der Waals surface area (Å²) in [5.74, 6) is -0.813. The summed E-state index contributed by atoms with van der Waals surface area (Å²) < 4.78 is 20.8. The number of ether oxygens (including phenoxy) is 1. The second-order valence-electron chi connectivity index (χ2n) is 7.89. The predicted molar refractivity (Wildman–Crippen MR) is 114 cm³/mol. The first-order valence-corrected chi connectivity index (χ1v) is 10.7. The summed E-state index contributed by atoms with van der Waals surface area (Å²) in [5.41, 5.74) is 9.13. The number of nitrogens with two attached hydrogens (primary N) is 1. The maximum Gasteiger partial charge on any atom is 0.343 e. The van der Waals surface area contributed by atoms with Crippen LogP contribution in [0.1, 0.15) is 60.9 Å². The zero-order valence-electron chi connectivity index (χ0n) is 17.8. The predicted octanol–water partition coefficient (Wildman–Crippen LogP) is 3.06. The molecule has 4 heterocycles. The number of nitrogens with zero attached hydrogens (tertiary/aromatic N) is 5. The molecule has 8 nitrogen and oxygen atoms in total. The van der Waals surface area contributed by atoms with Crippen molar-refractivity contribution in [3.63, 3.8) is 0 Å². The van der Waals surface area contributed by atoms with E-state index in [2.05, 4.69) is 15.0 Å². The van der Waals surface area contributed by atoms with Gasteiger partial charge in [-0.25, -0.2) is 18.7 Å². The maximum absolute atomic E-state index is 14.1. The summed E-state index contributed by atoms with van der Waals surface area (Å²) in [5, 5.41) is 4.20. The number of aromatic nitrogens is 4. The van der Waals surface area contributed by atoms with Gasteiger partial charge in [0.25, 0.3) is 0 Å². The Bertz CT molecular complexity index is 1080. The SMILES string of the molecule is CCOC(=O)c1cnn2ccc(C3CCCN3c3cc(F)cnc3CC[C@@H](C)N)nc12. The Morgan fingerprint density at radius 2 is 2.26 bits per heavy atom. The van der Waals surface area contributed by atoms with Crippen LogP contribution in [0, 0.1) is 5.82 Å². The largest absolute Gasteiger partial charge is 0.462 e. The maximum atomic E-state index is 14.1. The van der Waals surface area contributed by atoms with E-state index >= 15 is 0 Å². The molecule has 0 radical (unpaired) electrons. The van der Waals surface area contributed by atoms with Gasteiger partial charge < -0.3 is 15.4 Å². The van der Waals surface area contributed by atoms with E-state index in [4.69, 9.17) is 15.5 Å². The molecular weight excluding hydrogens is 399 g/mol. The molecule has 1 unspecified atom stereocenters. The van der Waals surface area contributed by atoms with E-state index < -0.39 is 5.97 Å². The highest BCUT2D eigenvalue weighted by Gasteiger charge is 2.30. The van der Waals surface area contributed by atoms with Gasteiger partial charge in [-0.2, -0.15) is 5.10 Å². The normalized spacial score (nSPS) is 17.3. The minimum atomic E-state index is -0.446. The molecule has 31 heavy (non-hydrogen) atoms. The molecule has 2 N–H and O–H groups in total. The Labute approximate surface area is 180 Å². The van der Waals surface area contributed by atoms with Crippen LogP contribution in [0.5, 0.6) is 0 Å². The molecule has 4 rings (SSSR count). The van der Waals surface area contributed by atoms with E-state index in [9.17, 15) is 9.18 Å². The number of aryl methyl sites for hydroxylation is 1. The van der Waals surface area contributed by atoms with Crippen molar-refractivity contribution < 1.29 is 13.9 Å². The highest BCUT2D eigenvalue weighted by atomic mass is 19.1. The third kappa shape index (κ3) is 4.36. The number of esters is 1. The average molecular weight is 426 g/mol. The van der Waals surface area contributed by atoms with Crippen molar-refractivity contribution in [2.45, 2.75) is 51.6 Å². The number of pyridine rings is 1. The molecule has 0 bridgehead atoms. The van der Waals surface area contributed by atoms with Crippen molar-refractivity contribution in [1.82, 2.24) is 19.6 Å². The summed E-state index contributed by atoms with van der Waals surface area (Å²) in [7, 11) is 0. The topological polar surface area (TPSA) is 98.6 Å². The van der Waals surface area contributed by atoms with Crippen molar-refractivity contribution in [1.29, 1.82) is 0 Å². The van der Waals surface area contributed by atoms with Crippen molar-refractivity contribution in [3.05, 3.63) is 53.5 Å². The minimum Gasteiger partial charge on any atom is -0.462 e. The van der Waals surface area contributed by atoms with Crippen LogP contribution in [0.15, 0.2) is 30.7 Å². The Hall–Kier alpha value is -3.07. The van der Waals surface area contributed by atoms with Crippen LogP contribution in [0.3, 0.4) is 0 Å². The van der Waals surface area contributed by atoms with Crippen LogP contribution in [0.4, 0.5) is 10.1 Å². The first kappa shape index (κ1) is 21.2. The van der Waals surface area contributed by atoms with E-state index in [0.29, 0.717) is 17.6 Å². The van der Waals surface area contributed by atoms with E-state index in [1.165, 1.54) is 12.4 Å². The molecule has 2 atom stereocenters. The number of carbonyl (C=O) groups is 1. The molecule has 164 valence electrons. The van der Waals surface area contributed by atoms with Crippen molar-refractivity contribution >= 4 is 17.3 Å². The van der Waals surface area contributed by atoms with Crippen LogP contribution in [0.25, 0.3) is 5.65 Å². The van der Waals surface area contributed by atoms with Gasteiger partial charge in [0, 0.05) is 24.8 Å². The Morgan fingerprint density at radius 1 is 1.42 bits per heavy atom. The van der Waals surface area contributed by atoms with E-state index in [1.54, 1.807) is 23.7 Å². The molecule has 0 amide bonds. The fraction of sp³-hybridized carbons (Fsp3) is 0.455. The standard InChI is InChI=1S/C22H27FN6O2/c1-3-31-22(30)16-13-26-29-10-8-18(27-21(16)29)19-5-4-9-28(19)20-11-15(23)12-25-17(20)7-6-14(2)24/h8,10-14,19H,3-7,9,24H2,1-2H3/t14-,19?/m1/s1. The van der Waals surface area contributed by atoms with Gasteiger partial charge >= 0.3 is 5.97 Å². The first-order chi connectivity index (χ1) is 15.0. The highest BCUT2D eigenvalue weighted by Crippen LogP contribution is 2.37. The smallest absolute Gasteiger partial charge is 0.343 e. The zero-order chi connectivity index (χ0) is 22.0. The number of hydrogen-bond donors (Lipinski definition) is 1. The summed E-state index contributed by atoms with van der Waals surface area (Å²) in [6.45, 7) is 4.77. The van der Waals surface area contributed by atoms with Gasteiger partial charge in [-0.05, 0) is 45.6 Å². The van der Waals surface area contributed by atoms with E-state index in [0.717, 1.165) is 42.9 Å². The molecule has 1 aliphatic rings. The van der Waals surface area contributed by atoms with Gasteiger partial charge in [-0.1, -0.05) is 0 Å². The lowest BCUT2D eigenvalue weighted by molar-refractivity contribution is 0.0528. The lowest BCUT2D eigenvalue weighted by Gasteiger charge is -2.28. The van der Waals surface area contributed by atoms with E-state index in [1.807, 2.05) is 13.0 Å². The Balaban J connectivity index is 1.69. The van der Waals surface area contributed by atoms with Crippen LogP contribution < -0.4 is 10.6 Å². The second kappa shape index (κ2) is 8.97. The van der Waals surface area contributed by atoms with Crippen molar-refractivity contribution in [2.75, 3.05) is 18.1 Å². The first-order valence-electron chi connectivity index (χ1n) is 10.7. The number of carbonyl (C=O) groups excluding carboxylic acids is 1. The molecule has 0 aromatic carbocycles. The number of anilines is 1. The lowest BCUT2D eigenvalue weighted by atomic mass is 10.1. The van der Waals surface area contributed by atoms with Gasteiger partial charge in [0.15, 0.2) is 5.65 Å². The van der Waals surface area contributed by atoms with Crippen LogP contribution in [-0.4, -0.2) is 44.7 Å². The fourth-order valence-electron chi connectivity index (χ4n) is 4.05. The monoisotopic (exact) mass is 426 g/mol. The molecule has 0 spiro atoms. The number of halogens is 1. The van der Waals surface area contributed by atoms with Gasteiger partial charge in [-0.15, -0.1) is 0 Å². The zero-order valence-corrected chi connectivity index (χ0v) is 17.8. The number of hydrogen-bond acceptors (Lipinski definition) is 7. The summed E-state index contributed by atoms with van der Waals surface area (Å²) in [6.07, 6.45) is 7.79. The summed E-state index contributed by atoms with van der Waals surface area (Å²) in [6, 6.07) is 3.43. The third-order valence-electron chi connectivity index (χ3n) is 5.54. The Morgan fingerprint density at radius 3 is 3.03 bits per heavy atom. The number of fused-ring (bicyclic) bond motifs is 1. The molecule has 9 heteroatoms. The molecule has 3 aromatic heterocycles. The second-order valence-corrected chi connectivity index (χ2v) is 7.89. The highest BCUT2D eigenvalue weighted by molar-refractivity contribution is 5.95. The number of rotatable bonds is 7. The van der Waals surface area contributed by atoms with Crippen LogP contribution in [0.2, 0.25) is 0 Å². The lowest BCUT2D eigenvalue weighted by Crippen LogP contribution is -2.26. The van der Waals surface area contributed by atoms with Gasteiger partial charge in [-0.3, -0.25) is 4.98 Å². The van der Waals surface area contributed by atoms with Crippen LogP contribution >= 0.6 is 0 Å². The average Bonchev–Trinajstić information content (AvgIpc) is 3.39. The fourth-order valence-corrected chi connectivity index (χ4v) is 4.05. The minimum absolute atomic E-state index is 0.0429. The summed E-state index contributed by atoms with van der Waals surface area (Å²) >= 11 is 0. The molecule has 0 saturated carbocycles. The molecule has 3 aromatic rings. The van der Waals surface area contributed by atoms with Gasteiger partial charge in [0.1, 0.15) is 11.4 Å². The molecule has 0 aliphatic carbocycles. The van der Waals surface area contributed by atoms with Crippen LogP contribution in [-0.2, 0) is 11.2 Å².